The minimum atomic E-state index is -0.505. The van der Waals surface area contributed by atoms with Crippen molar-refractivity contribution in [2.75, 3.05) is 13.2 Å². The van der Waals surface area contributed by atoms with Crippen LogP contribution in [0.2, 0.25) is 0 Å². The zero-order valence-electron chi connectivity index (χ0n) is 24.8. The van der Waals surface area contributed by atoms with Gasteiger partial charge >= 0.3 is 5.97 Å². The maximum atomic E-state index is 12.1. The molecule has 0 aliphatic rings. The topological polar surface area (TPSA) is 99.4 Å². The zero-order valence-corrected chi connectivity index (χ0v) is 24.8. The summed E-state index contributed by atoms with van der Waals surface area (Å²) >= 11 is 0. The number of hydrogen-bond acceptors (Lipinski definition) is 7. The Balaban J connectivity index is 1.47. The average Bonchev–Trinajstić information content (AvgIpc) is 2.93. The fourth-order valence-electron chi connectivity index (χ4n) is 4.23. The smallest absolute Gasteiger partial charge is 0.323 e. The van der Waals surface area contributed by atoms with Crippen LogP contribution in [0.1, 0.15) is 72.3 Å². The lowest BCUT2D eigenvalue weighted by atomic mass is 10.0. The van der Waals surface area contributed by atoms with Gasteiger partial charge in [-0.2, -0.15) is 0 Å². The standard InChI is InChI=1S/C33H46N4O3/c1-6-7-8-9-10-19-39-30-17-15-26(16-18-30)28-21-36-31(37-22-28)27-13-11-25(12-14-27)20-29(34)23-35-24(2)32(38)40-33(3,4)5/h11-18,21-22,24,29,35H,6-10,19-20,23,34H2,1-5H3/t24-,29+/m1/s1. The second kappa shape index (κ2) is 15.5. The fraction of sp³-hybridized carbons (Fsp3) is 0.485. The van der Waals surface area contributed by atoms with Crippen LogP contribution in [0, 0.1) is 0 Å². The van der Waals surface area contributed by atoms with Crippen LogP contribution in [0.5, 0.6) is 5.75 Å². The quantitative estimate of drug-likeness (QED) is 0.169. The summed E-state index contributed by atoms with van der Waals surface area (Å²) < 4.78 is 11.3. The molecule has 1 heterocycles. The molecule has 216 valence electrons. The number of ether oxygens (including phenoxy) is 2. The van der Waals surface area contributed by atoms with Crippen molar-refractivity contribution in [2.24, 2.45) is 5.73 Å². The predicted molar refractivity (Wildman–Crippen MR) is 162 cm³/mol. The van der Waals surface area contributed by atoms with Crippen LogP contribution in [0.4, 0.5) is 0 Å². The Morgan fingerprint density at radius 3 is 2.15 bits per heavy atom. The molecule has 3 N–H and O–H groups in total. The fourth-order valence-corrected chi connectivity index (χ4v) is 4.23. The van der Waals surface area contributed by atoms with E-state index in [4.69, 9.17) is 15.2 Å². The van der Waals surface area contributed by atoms with Crippen LogP contribution in [-0.2, 0) is 16.0 Å². The summed E-state index contributed by atoms with van der Waals surface area (Å²) in [5.74, 6) is 1.30. The van der Waals surface area contributed by atoms with E-state index >= 15 is 0 Å². The molecule has 7 heteroatoms. The molecule has 0 aliphatic carbocycles. The number of nitrogens with two attached hydrogens (primary N) is 1. The van der Waals surface area contributed by atoms with Crippen LogP contribution in [-0.4, -0.2) is 46.8 Å². The molecule has 40 heavy (non-hydrogen) atoms. The minimum Gasteiger partial charge on any atom is -0.494 e. The summed E-state index contributed by atoms with van der Waals surface area (Å²) in [5.41, 5.74) is 9.89. The van der Waals surface area contributed by atoms with E-state index in [-0.39, 0.29) is 12.0 Å². The first-order valence-electron chi connectivity index (χ1n) is 14.5. The van der Waals surface area contributed by atoms with Gasteiger partial charge in [-0.3, -0.25) is 4.79 Å². The van der Waals surface area contributed by atoms with Crippen LogP contribution >= 0.6 is 0 Å². The van der Waals surface area contributed by atoms with E-state index in [0.29, 0.717) is 18.8 Å². The molecular formula is C33H46N4O3. The van der Waals surface area contributed by atoms with Gasteiger partial charge < -0.3 is 20.5 Å². The highest BCUT2D eigenvalue weighted by Crippen LogP contribution is 2.23. The summed E-state index contributed by atoms with van der Waals surface area (Å²) in [6, 6.07) is 15.7. The summed E-state index contributed by atoms with van der Waals surface area (Å²) in [7, 11) is 0. The van der Waals surface area contributed by atoms with Gasteiger partial charge in [0.05, 0.1) is 6.61 Å². The van der Waals surface area contributed by atoms with Gasteiger partial charge in [0, 0.05) is 36.1 Å². The van der Waals surface area contributed by atoms with Crippen LogP contribution in [0.3, 0.4) is 0 Å². The normalized spacial score (nSPS) is 13.1. The van der Waals surface area contributed by atoms with E-state index in [1.807, 2.05) is 81.7 Å². The molecule has 1 aromatic heterocycles. The molecule has 2 atom stereocenters. The van der Waals surface area contributed by atoms with Crippen molar-refractivity contribution >= 4 is 5.97 Å². The maximum absolute atomic E-state index is 12.1. The molecule has 3 rings (SSSR count). The molecule has 0 amide bonds. The van der Waals surface area contributed by atoms with Gasteiger partial charge in [0.2, 0.25) is 0 Å². The van der Waals surface area contributed by atoms with Crippen molar-refractivity contribution in [1.29, 1.82) is 0 Å². The van der Waals surface area contributed by atoms with Gasteiger partial charge in [-0.05, 0) is 63.8 Å². The number of carbonyl (C=O) groups is 1. The van der Waals surface area contributed by atoms with Crippen molar-refractivity contribution < 1.29 is 14.3 Å². The van der Waals surface area contributed by atoms with E-state index < -0.39 is 11.6 Å². The van der Waals surface area contributed by atoms with Gasteiger partial charge in [0.25, 0.3) is 0 Å². The monoisotopic (exact) mass is 546 g/mol. The summed E-state index contributed by atoms with van der Waals surface area (Å²) in [5, 5.41) is 3.17. The van der Waals surface area contributed by atoms with Crippen LogP contribution < -0.4 is 15.8 Å². The SMILES string of the molecule is CCCCCCCOc1ccc(-c2cnc(-c3ccc(C[C@H](N)CN[C@H](C)C(=O)OC(C)(C)C)cc3)nc2)cc1. The molecule has 2 aromatic carbocycles. The highest BCUT2D eigenvalue weighted by atomic mass is 16.6. The molecule has 0 saturated carbocycles. The first-order valence-corrected chi connectivity index (χ1v) is 14.5. The van der Waals surface area contributed by atoms with E-state index in [1.165, 1.54) is 25.7 Å². The van der Waals surface area contributed by atoms with E-state index in [0.717, 1.165) is 41.0 Å². The highest BCUT2D eigenvalue weighted by Gasteiger charge is 2.21. The number of benzene rings is 2. The number of hydrogen-bond donors (Lipinski definition) is 2. The number of esters is 1. The minimum absolute atomic E-state index is 0.131. The Morgan fingerprint density at radius 1 is 0.900 bits per heavy atom. The van der Waals surface area contributed by atoms with E-state index in [9.17, 15) is 4.79 Å². The molecule has 0 aliphatic heterocycles. The Bertz CT molecular complexity index is 1160. The van der Waals surface area contributed by atoms with Crippen molar-refractivity contribution in [2.45, 2.75) is 90.8 Å². The van der Waals surface area contributed by atoms with Gasteiger partial charge in [-0.1, -0.05) is 69.0 Å². The predicted octanol–water partition coefficient (Wildman–Crippen LogP) is 6.35. The second-order valence-electron chi connectivity index (χ2n) is 11.4. The largest absolute Gasteiger partial charge is 0.494 e. The van der Waals surface area contributed by atoms with Crippen molar-refractivity contribution in [1.82, 2.24) is 15.3 Å². The summed E-state index contributed by atoms with van der Waals surface area (Å²) in [6.07, 6.45) is 10.5. The lowest BCUT2D eigenvalue weighted by Gasteiger charge is -2.23. The molecule has 0 fully saturated rings. The molecule has 0 radical (unpaired) electrons. The van der Waals surface area contributed by atoms with Crippen molar-refractivity contribution in [3.63, 3.8) is 0 Å². The first kappa shape index (κ1) is 31.2. The first-order chi connectivity index (χ1) is 19.1. The maximum Gasteiger partial charge on any atom is 0.323 e. The highest BCUT2D eigenvalue weighted by molar-refractivity contribution is 5.75. The lowest BCUT2D eigenvalue weighted by Crippen LogP contribution is -2.45. The summed E-state index contributed by atoms with van der Waals surface area (Å²) in [4.78, 5) is 21.3. The van der Waals surface area contributed by atoms with E-state index in [2.05, 4.69) is 22.2 Å². The third-order valence-corrected chi connectivity index (χ3v) is 6.51. The van der Waals surface area contributed by atoms with E-state index in [1.54, 1.807) is 6.92 Å². The van der Waals surface area contributed by atoms with Gasteiger partial charge in [0.1, 0.15) is 17.4 Å². The number of nitrogens with one attached hydrogen (secondary N) is 1. The molecule has 0 bridgehead atoms. The molecular weight excluding hydrogens is 500 g/mol. The van der Waals surface area contributed by atoms with Crippen LogP contribution in [0.15, 0.2) is 60.9 Å². The molecule has 0 saturated heterocycles. The molecule has 0 spiro atoms. The number of nitrogens with zero attached hydrogens (tertiary/aromatic N) is 2. The number of unbranched alkanes of at least 4 members (excludes halogenated alkanes) is 4. The number of aromatic nitrogens is 2. The average molecular weight is 547 g/mol. The second-order valence-corrected chi connectivity index (χ2v) is 11.4. The van der Waals surface area contributed by atoms with Gasteiger partial charge in [0.15, 0.2) is 5.82 Å². The van der Waals surface area contributed by atoms with Crippen LogP contribution in [0.25, 0.3) is 22.5 Å². The Morgan fingerprint density at radius 2 is 1.52 bits per heavy atom. The number of rotatable bonds is 15. The third-order valence-electron chi connectivity index (χ3n) is 6.51. The Hall–Kier alpha value is -3.29. The molecule has 7 nitrogen and oxygen atoms in total. The molecule has 3 aromatic rings. The number of carbonyl (C=O) groups excluding carboxylic acids is 1. The summed E-state index contributed by atoms with van der Waals surface area (Å²) in [6.45, 7) is 10.9. The third kappa shape index (κ3) is 10.7. The van der Waals surface area contributed by atoms with Crippen molar-refractivity contribution in [3.05, 3.63) is 66.5 Å². The van der Waals surface area contributed by atoms with Crippen molar-refractivity contribution in [3.8, 4) is 28.3 Å². The van der Waals surface area contributed by atoms with Gasteiger partial charge in [-0.15, -0.1) is 0 Å². The zero-order chi connectivity index (χ0) is 29.0. The Labute approximate surface area is 239 Å². The Kier molecular flexibility index (Phi) is 12.1. The lowest BCUT2D eigenvalue weighted by molar-refractivity contribution is -0.156. The van der Waals surface area contributed by atoms with Gasteiger partial charge in [-0.25, -0.2) is 9.97 Å². The molecule has 0 unspecified atom stereocenters.